The molecule has 6 heteroatoms. The Labute approximate surface area is 131 Å². The van der Waals surface area contributed by atoms with Crippen LogP contribution in [0.25, 0.3) is 0 Å². The Morgan fingerprint density at radius 3 is 2.62 bits per heavy atom. The number of ether oxygens (including phenoxy) is 1. The molecule has 0 spiro atoms. The molecule has 2 N–H and O–H groups in total. The summed E-state index contributed by atoms with van der Waals surface area (Å²) in [5.41, 5.74) is 2.50. The van der Waals surface area contributed by atoms with E-state index in [1.165, 1.54) is 4.88 Å². The lowest BCUT2D eigenvalue weighted by molar-refractivity contribution is 0.0506. The molecule has 1 rings (SSSR count). The van der Waals surface area contributed by atoms with Gasteiger partial charge in [-0.2, -0.15) is 0 Å². The van der Waals surface area contributed by atoms with E-state index in [1.807, 2.05) is 40.1 Å². The van der Waals surface area contributed by atoms with Gasteiger partial charge in [0.15, 0.2) is 0 Å². The SMILES string of the molecule is Cc1ncsc1C(C)NCCC(C)NC(=O)OC(C)(C)C. The second-order valence-corrected chi connectivity index (χ2v) is 7.20. The molecule has 0 bridgehead atoms. The van der Waals surface area contributed by atoms with E-state index < -0.39 is 5.60 Å². The Morgan fingerprint density at radius 2 is 2.10 bits per heavy atom. The number of rotatable bonds is 6. The minimum absolute atomic E-state index is 0.0714. The molecule has 21 heavy (non-hydrogen) atoms. The van der Waals surface area contributed by atoms with Crippen molar-refractivity contribution in [2.45, 2.75) is 65.6 Å². The van der Waals surface area contributed by atoms with Crippen LogP contribution >= 0.6 is 11.3 Å². The molecule has 1 aromatic rings. The van der Waals surface area contributed by atoms with E-state index in [0.717, 1.165) is 18.7 Å². The molecule has 0 saturated heterocycles. The molecule has 2 atom stereocenters. The minimum Gasteiger partial charge on any atom is -0.444 e. The molecule has 0 saturated carbocycles. The summed E-state index contributed by atoms with van der Waals surface area (Å²) >= 11 is 1.67. The average Bonchev–Trinajstić information content (AvgIpc) is 2.72. The highest BCUT2D eigenvalue weighted by atomic mass is 32.1. The van der Waals surface area contributed by atoms with Crippen molar-refractivity contribution in [3.05, 3.63) is 16.1 Å². The number of carbonyl (C=O) groups excluding carboxylic acids is 1. The first kappa shape index (κ1) is 17.9. The van der Waals surface area contributed by atoms with Crippen LogP contribution < -0.4 is 10.6 Å². The van der Waals surface area contributed by atoms with E-state index in [1.54, 1.807) is 11.3 Å². The zero-order valence-corrected chi connectivity index (χ0v) is 14.6. The fraction of sp³-hybridized carbons (Fsp3) is 0.733. The number of amides is 1. The Bertz CT molecular complexity index is 454. The highest BCUT2D eigenvalue weighted by molar-refractivity contribution is 7.09. The number of thiazole rings is 1. The smallest absolute Gasteiger partial charge is 0.407 e. The molecule has 120 valence electrons. The summed E-state index contributed by atoms with van der Waals surface area (Å²) in [5.74, 6) is 0. The van der Waals surface area contributed by atoms with Gasteiger partial charge in [-0.05, 0) is 54.5 Å². The lowest BCUT2D eigenvalue weighted by atomic mass is 10.2. The maximum Gasteiger partial charge on any atom is 0.407 e. The van der Waals surface area contributed by atoms with Crippen molar-refractivity contribution in [3.8, 4) is 0 Å². The normalized spacial score (nSPS) is 14.6. The van der Waals surface area contributed by atoms with Crippen molar-refractivity contribution in [3.63, 3.8) is 0 Å². The van der Waals surface area contributed by atoms with Crippen molar-refractivity contribution < 1.29 is 9.53 Å². The number of nitrogens with one attached hydrogen (secondary N) is 2. The van der Waals surface area contributed by atoms with E-state index in [2.05, 4.69) is 22.5 Å². The van der Waals surface area contributed by atoms with Crippen LogP contribution in [0.15, 0.2) is 5.51 Å². The summed E-state index contributed by atoms with van der Waals surface area (Å²) in [5, 5.41) is 6.30. The molecule has 0 radical (unpaired) electrons. The van der Waals surface area contributed by atoms with Gasteiger partial charge in [0, 0.05) is 17.0 Å². The number of aryl methyl sites for hydroxylation is 1. The summed E-state index contributed by atoms with van der Waals surface area (Å²) in [7, 11) is 0. The number of hydrogen-bond donors (Lipinski definition) is 2. The molecule has 2 unspecified atom stereocenters. The van der Waals surface area contributed by atoms with Gasteiger partial charge in [0.25, 0.3) is 0 Å². The van der Waals surface area contributed by atoms with Gasteiger partial charge in [-0.1, -0.05) is 0 Å². The lowest BCUT2D eigenvalue weighted by Crippen LogP contribution is -2.39. The molecule has 0 aliphatic heterocycles. The second kappa shape index (κ2) is 7.75. The third kappa shape index (κ3) is 6.91. The molecule has 5 nitrogen and oxygen atoms in total. The fourth-order valence-electron chi connectivity index (χ4n) is 1.92. The first-order chi connectivity index (χ1) is 9.69. The van der Waals surface area contributed by atoms with Crippen molar-refractivity contribution in [2.24, 2.45) is 0 Å². The van der Waals surface area contributed by atoms with Crippen molar-refractivity contribution in [1.29, 1.82) is 0 Å². The predicted molar refractivity (Wildman–Crippen MR) is 86.7 cm³/mol. The van der Waals surface area contributed by atoms with Crippen LogP contribution in [0.5, 0.6) is 0 Å². The molecule has 0 fully saturated rings. The molecule has 1 amide bonds. The standard InChI is InChI=1S/C15H27N3O2S/c1-10(18-14(19)20-15(4,5)6)7-8-16-11(2)13-12(3)17-9-21-13/h9-11,16H,7-8H2,1-6H3,(H,18,19). The third-order valence-electron chi connectivity index (χ3n) is 2.97. The van der Waals surface area contributed by atoms with Crippen LogP contribution in [0.3, 0.4) is 0 Å². The fourth-order valence-corrected chi connectivity index (χ4v) is 2.75. The topological polar surface area (TPSA) is 63.2 Å². The number of aromatic nitrogens is 1. The Morgan fingerprint density at radius 1 is 1.43 bits per heavy atom. The summed E-state index contributed by atoms with van der Waals surface area (Å²) in [6.45, 7) is 12.5. The molecule has 0 aliphatic rings. The van der Waals surface area contributed by atoms with Crippen LogP contribution in [-0.4, -0.2) is 29.3 Å². The van der Waals surface area contributed by atoms with E-state index in [-0.39, 0.29) is 18.2 Å². The van der Waals surface area contributed by atoms with Gasteiger partial charge < -0.3 is 15.4 Å². The van der Waals surface area contributed by atoms with Crippen molar-refractivity contribution in [1.82, 2.24) is 15.6 Å². The van der Waals surface area contributed by atoms with Gasteiger partial charge in [-0.15, -0.1) is 11.3 Å². The Kier molecular flexibility index (Phi) is 6.61. The molecule has 0 aliphatic carbocycles. The molecule has 1 aromatic heterocycles. The van der Waals surface area contributed by atoms with E-state index in [4.69, 9.17) is 4.74 Å². The third-order valence-corrected chi connectivity index (χ3v) is 4.08. The van der Waals surface area contributed by atoms with Gasteiger partial charge in [0.05, 0.1) is 11.2 Å². The first-order valence-corrected chi connectivity index (χ1v) is 8.20. The second-order valence-electron chi connectivity index (χ2n) is 6.31. The maximum absolute atomic E-state index is 11.6. The average molecular weight is 313 g/mol. The summed E-state index contributed by atoms with van der Waals surface area (Å²) in [4.78, 5) is 17.2. The van der Waals surface area contributed by atoms with Crippen molar-refractivity contribution in [2.75, 3.05) is 6.54 Å². The number of alkyl carbamates (subject to hydrolysis) is 1. The summed E-state index contributed by atoms with van der Waals surface area (Å²) in [6, 6.07) is 0.355. The highest BCUT2D eigenvalue weighted by Crippen LogP contribution is 2.20. The number of hydrogen-bond acceptors (Lipinski definition) is 5. The van der Waals surface area contributed by atoms with Gasteiger partial charge >= 0.3 is 6.09 Å². The van der Waals surface area contributed by atoms with Crippen LogP contribution in [-0.2, 0) is 4.74 Å². The van der Waals surface area contributed by atoms with Crippen LogP contribution in [0, 0.1) is 6.92 Å². The van der Waals surface area contributed by atoms with Gasteiger partial charge in [0.1, 0.15) is 5.60 Å². The Hall–Kier alpha value is -1.14. The summed E-state index contributed by atoms with van der Waals surface area (Å²) < 4.78 is 5.23. The van der Waals surface area contributed by atoms with E-state index >= 15 is 0 Å². The van der Waals surface area contributed by atoms with Gasteiger partial charge in [0.2, 0.25) is 0 Å². The van der Waals surface area contributed by atoms with Crippen LogP contribution in [0.2, 0.25) is 0 Å². The number of carbonyl (C=O) groups is 1. The Balaban J connectivity index is 2.26. The van der Waals surface area contributed by atoms with E-state index in [9.17, 15) is 4.79 Å². The molecule has 0 aromatic carbocycles. The van der Waals surface area contributed by atoms with Crippen LogP contribution in [0.4, 0.5) is 4.79 Å². The monoisotopic (exact) mass is 313 g/mol. The molecular formula is C15H27N3O2S. The number of nitrogens with zero attached hydrogens (tertiary/aromatic N) is 1. The minimum atomic E-state index is -0.458. The highest BCUT2D eigenvalue weighted by Gasteiger charge is 2.17. The summed E-state index contributed by atoms with van der Waals surface area (Å²) in [6.07, 6.45) is 0.489. The molecule has 1 heterocycles. The van der Waals surface area contributed by atoms with Crippen molar-refractivity contribution >= 4 is 17.4 Å². The largest absolute Gasteiger partial charge is 0.444 e. The first-order valence-electron chi connectivity index (χ1n) is 7.32. The molecular weight excluding hydrogens is 286 g/mol. The van der Waals surface area contributed by atoms with Crippen LogP contribution in [0.1, 0.15) is 57.7 Å². The zero-order chi connectivity index (χ0) is 16.0. The zero-order valence-electron chi connectivity index (χ0n) is 13.8. The maximum atomic E-state index is 11.6. The van der Waals surface area contributed by atoms with Gasteiger partial charge in [-0.3, -0.25) is 0 Å². The lowest BCUT2D eigenvalue weighted by Gasteiger charge is -2.22. The van der Waals surface area contributed by atoms with Gasteiger partial charge in [-0.25, -0.2) is 9.78 Å². The predicted octanol–water partition coefficient (Wildman–Crippen LogP) is 3.41. The van der Waals surface area contributed by atoms with E-state index in [0.29, 0.717) is 0 Å². The quantitative estimate of drug-likeness (QED) is 0.845.